The van der Waals surface area contributed by atoms with Crippen molar-refractivity contribution < 1.29 is 27.4 Å². The predicted molar refractivity (Wildman–Crippen MR) is 158 cm³/mol. The monoisotopic (exact) mass is 602 g/mol. The number of sulfonamides is 1. The molecule has 3 aliphatic heterocycles. The number of fused-ring (bicyclic) bond motifs is 6. The van der Waals surface area contributed by atoms with Gasteiger partial charge in [0.25, 0.3) is 5.91 Å². The quantitative estimate of drug-likeness (QED) is 0.455. The fraction of sp³-hybridized carbons (Fsp3) is 0.581. The van der Waals surface area contributed by atoms with Crippen LogP contribution in [0.15, 0.2) is 36.4 Å². The molecule has 2 aromatic rings. The lowest BCUT2D eigenvalue weighted by Gasteiger charge is -2.47. The average molecular weight is 603 g/mol. The van der Waals surface area contributed by atoms with Crippen molar-refractivity contribution in [1.82, 2.24) is 4.72 Å². The van der Waals surface area contributed by atoms with Crippen molar-refractivity contribution in [3.05, 3.63) is 58.1 Å². The number of anilines is 1. The highest BCUT2D eigenvalue weighted by atomic mass is 35.5. The maximum absolute atomic E-state index is 13.2. The van der Waals surface area contributed by atoms with Crippen LogP contribution in [0.5, 0.6) is 5.75 Å². The van der Waals surface area contributed by atoms with Crippen molar-refractivity contribution in [2.45, 2.75) is 64.3 Å². The van der Waals surface area contributed by atoms with E-state index >= 15 is 0 Å². The fourth-order valence-electron chi connectivity index (χ4n) is 6.68. The van der Waals surface area contributed by atoms with E-state index in [0.29, 0.717) is 30.8 Å². The third-order valence-corrected chi connectivity index (χ3v) is 10.7. The third-order valence-electron chi connectivity index (χ3n) is 9.25. The number of halogens is 1. The van der Waals surface area contributed by atoms with Gasteiger partial charge in [-0.2, -0.15) is 0 Å². The molecule has 1 saturated heterocycles. The Labute approximate surface area is 247 Å². The molecule has 1 aliphatic carbocycles. The summed E-state index contributed by atoms with van der Waals surface area (Å²) in [6.07, 6.45) is 5.91. The fourth-order valence-corrected chi connectivity index (χ4v) is 7.69. The van der Waals surface area contributed by atoms with Gasteiger partial charge in [0, 0.05) is 36.0 Å². The normalized spacial score (nSPS) is 30.3. The molecule has 10 heteroatoms. The summed E-state index contributed by atoms with van der Waals surface area (Å²) >= 11 is 6.31. The number of rotatable bonds is 0. The van der Waals surface area contributed by atoms with Gasteiger partial charge in [0.2, 0.25) is 10.0 Å². The molecule has 5 atom stereocenters. The SMILES string of the molecule is C[C@@H]1CO[C@@H]2C[C@H]1OCCS(=O)(=O)NC(=O)c1ccc3c(c1)N(CCCCc1cc(Cl)ccc1CO3)C[C@@H]1CC[C@H]12. The number of carbonyl (C=O) groups excluding carboxylic acids is 1. The van der Waals surface area contributed by atoms with E-state index in [1.54, 1.807) is 18.2 Å². The molecule has 4 aliphatic rings. The molecule has 2 aromatic carbocycles. The Morgan fingerprint density at radius 1 is 1.02 bits per heavy atom. The topological polar surface area (TPSA) is 94.2 Å². The van der Waals surface area contributed by atoms with Gasteiger partial charge >= 0.3 is 0 Å². The first-order valence-corrected chi connectivity index (χ1v) is 16.9. The van der Waals surface area contributed by atoms with Crippen LogP contribution in [-0.2, 0) is 32.5 Å². The maximum atomic E-state index is 13.2. The Kier molecular flexibility index (Phi) is 8.50. The molecule has 222 valence electrons. The maximum Gasteiger partial charge on any atom is 0.264 e. The van der Waals surface area contributed by atoms with Gasteiger partial charge in [0.1, 0.15) is 12.4 Å². The van der Waals surface area contributed by atoms with Crippen molar-refractivity contribution in [2.24, 2.45) is 17.8 Å². The molecule has 3 heterocycles. The molecule has 2 fully saturated rings. The van der Waals surface area contributed by atoms with Gasteiger partial charge in [-0.25, -0.2) is 13.1 Å². The molecular formula is C31H39ClN2O6S. The first-order valence-electron chi connectivity index (χ1n) is 14.8. The molecule has 0 aromatic heterocycles. The van der Waals surface area contributed by atoms with Gasteiger partial charge in [-0.05, 0) is 85.4 Å². The molecule has 0 unspecified atom stereocenters. The van der Waals surface area contributed by atoms with Crippen molar-refractivity contribution in [1.29, 1.82) is 0 Å². The summed E-state index contributed by atoms with van der Waals surface area (Å²) in [5, 5.41) is 0.721. The number of benzene rings is 2. The Morgan fingerprint density at radius 3 is 2.73 bits per heavy atom. The second kappa shape index (κ2) is 12.1. The highest BCUT2D eigenvalue weighted by molar-refractivity contribution is 7.90. The lowest BCUT2D eigenvalue weighted by molar-refractivity contribution is -0.139. The molecule has 0 radical (unpaired) electrons. The van der Waals surface area contributed by atoms with Gasteiger partial charge in [-0.3, -0.25) is 4.79 Å². The van der Waals surface area contributed by atoms with Crippen LogP contribution < -0.4 is 14.4 Å². The van der Waals surface area contributed by atoms with E-state index in [9.17, 15) is 13.2 Å². The molecule has 1 saturated carbocycles. The van der Waals surface area contributed by atoms with E-state index < -0.39 is 15.9 Å². The lowest BCUT2D eigenvalue weighted by Crippen LogP contribution is -2.49. The van der Waals surface area contributed by atoms with Gasteiger partial charge in [0.05, 0.1) is 36.9 Å². The zero-order valence-corrected chi connectivity index (χ0v) is 25.1. The number of carbonyl (C=O) groups is 1. The highest BCUT2D eigenvalue weighted by Gasteiger charge is 2.42. The number of aryl methyl sites for hydroxylation is 1. The van der Waals surface area contributed by atoms with Crippen molar-refractivity contribution in [3.8, 4) is 5.75 Å². The number of nitrogens with zero attached hydrogens (tertiary/aromatic N) is 1. The standard InChI is InChI=1S/C31H39ClN2O6S/c1-20-18-39-30-16-29(20)38-12-13-41(36,37)33-31(35)22-7-10-28-27(15-22)34(17-23-6-9-26(23)30)11-3-2-4-21-14-25(32)8-5-24(21)19-40-28/h5,7-8,10,14-15,20,23,26,29-30H,2-4,6,9,11-13,16-19H2,1H3,(H,33,35)/t20-,23+,26-,29-,30-/m1/s1. The Bertz CT molecular complexity index is 1380. The van der Waals surface area contributed by atoms with Crippen molar-refractivity contribution in [3.63, 3.8) is 0 Å². The molecule has 8 nitrogen and oxygen atoms in total. The van der Waals surface area contributed by atoms with Crippen LogP contribution in [0.4, 0.5) is 5.69 Å². The van der Waals surface area contributed by atoms with Gasteiger partial charge < -0.3 is 19.1 Å². The Morgan fingerprint density at radius 2 is 1.90 bits per heavy atom. The average Bonchev–Trinajstić information content (AvgIpc) is 2.95. The van der Waals surface area contributed by atoms with Crippen LogP contribution in [0.25, 0.3) is 0 Å². The van der Waals surface area contributed by atoms with E-state index in [-0.39, 0.29) is 36.0 Å². The molecule has 41 heavy (non-hydrogen) atoms. The lowest BCUT2D eigenvalue weighted by atomic mass is 9.68. The predicted octanol–water partition coefficient (Wildman–Crippen LogP) is 4.97. The Hall–Kier alpha value is -2.33. The van der Waals surface area contributed by atoms with Crippen molar-refractivity contribution >= 4 is 33.2 Å². The number of nitrogens with one attached hydrogen (secondary N) is 1. The zero-order chi connectivity index (χ0) is 28.6. The van der Waals surface area contributed by atoms with Crippen LogP contribution in [-0.4, -0.2) is 58.6 Å². The second-order valence-electron chi connectivity index (χ2n) is 12.0. The number of hydrogen-bond acceptors (Lipinski definition) is 7. The van der Waals surface area contributed by atoms with Gasteiger partial charge in [0.15, 0.2) is 0 Å². The van der Waals surface area contributed by atoms with Gasteiger partial charge in [-0.1, -0.05) is 24.6 Å². The van der Waals surface area contributed by atoms with E-state index in [1.165, 1.54) is 5.56 Å². The minimum absolute atomic E-state index is 0.0386. The summed E-state index contributed by atoms with van der Waals surface area (Å²) in [6, 6.07) is 11.1. The number of ether oxygens (including phenoxy) is 3. The molecule has 1 amide bonds. The van der Waals surface area contributed by atoms with Crippen LogP contribution in [0.1, 0.15) is 60.5 Å². The van der Waals surface area contributed by atoms with Crippen LogP contribution in [0, 0.1) is 17.8 Å². The highest BCUT2D eigenvalue weighted by Crippen LogP contribution is 2.44. The summed E-state index contributed by atoms with van der Waals surface area (Å²) in [7, 11) is -3.87. The molecule has 0 spiro atoms. The first-order chi connectivity index (χ1) is 19.8. The molecule has 6 rings (SSSR count). The zero-order valence-electron chi connectivity index (χ0n) is 23.5. The van der Waals surface area contributed by atoms with Crippen LogP contribution in [0.3, 0.4) is 0 Å². The van der Waals surface area contributed by atoms with Crippen molar-refractivity contribution in [2.75, 3.05) is 37.0 Å². The second-order valence-corrected chi connectivity index (χ2v) is 14.3. The summed E-state index contributed by atoms with van der Waals surface area (Å²) in [6.45, 7) is 4.74. The van der Waals surface area contributed by atoms with Gasteiger partial charge in [-0.15, -0.1) is 0 Å². The van der Waals surface area contributed by atoms with E-state index in [0.717, 1.165) is 67.9 Å². The number of amides is 1. The largest absolute Gasteiger partial charge is 0.487 e. The summed E-state index contributed by atoms with van der Waals surface area (Å²) < 4.78 is 46.7. The minimum atomic E-state index is -3.87. The van der Waals surface area contributed by atoms with E-state index in [4.69, 9.17) is 25.8 Å². The molecule has 1 N–H and O–H groups in total. The smallest absolute Gasteiger partial charge is 0.264 e. The molecule has 4 bridgehead atoms. The Balaban J connectivity index is 1.35. The third kappa shape index (κ3) is 6.53. The summed E-state index contributed by atoms with van der Waals surface area (Å²) in [5.41, 5.74) is 3.40. The van der Waals surface area contributed by atoms with Crippen LogP contribution >= 0.6 is 11.6 Å². The summed E-state index contributed by atoms with van der Waals surface area (Å²) in [5.74, 6) is 0.823. The summed E-state index contributed by atoms with van der Waals surface area (Å²) in [4.78, 5) is 15.5. The van der Waals surface area contributed by atoms with E-state index in [1.807, 2.05) is 18.2 Å². The first kappa shape index (κ1) is 28.8. The van der Waals surface area contributed by atoms with E-state index in [2.05, 4.69) is 16.5 Å². The minimum Gasteiger partial charge on any atom is -0.487 e. The van der Waals surface area contributed by atoms with Crippen LogP contribution in [0.2, 0.25) is 5.02 Å². The number of hydrogen-bond donors (Lipinski definition) is 1. The molecular weight excluding hydrogens is 564 g/mol.